The molecule has 70 valence electrons. The number of halogens is 1. The van der Waals surface area contributed by atoms with Crippen LogP contribution in [0.2, 0.25) is 0 Å². The third-order valence-corrected chi connectivity index (χ3v) is 1.78. The number of rotatable bonds is 2. The van der Waals surface area contributed by atoms with Gasteiger partial charge in [0.05, 0.1) is 6.42 Å². The molecule has 0 aliphatic heterocycles. The van der Waals surface area contributed by atoms with Crippen molar-refractivity contribution in [1.82, 2.24) is 0 Å². The minimum absolute atomic E-state index is 0.0822. The highest BCUT2D eigenvalue weighted by Gasteiger charge is 2.11. The van der Waals surface area contributed by atoms with Crippen LogP contribution in [0.1, 0.15) is 11.1 Å². The van der Waals surface area contributed by atoms with Gasteiger partial charge in [0.1, 0.15) is 11.6 Å². The molecule has 1 aromatic rings. The Morgan fingerprint density at radius 3 is 2.69 bits per heavy atom. The zero-order chi connectivity index (χ0) is 10.0. The molecule has 0 aliphatic rings. The number of phenols is 1. The average molecular weight is 184 g/mol. The lowest BCUT2D eigenvalue weighted by Crippen LogP contribution is -2.03. The highest BCUT2D eigenvalue weighted by atomic mass is 19.1. The zero-order valence-electron chi connectivity index (χ0n) is 7.04. The van der Waals surface area contributed by atoms with Crippen LogP contribution in [0.5, 0.6) is 5.75 Å². The number of aromatic hydroxyl groups is 1. The molecule has 0 saturated heterocycles. The summed E-state index contributed by atoms with van der Waals surface area (Å²) in [6, 6.07) is 2.56. The van der Waals surface area contributed by atoms with Gasteiger partial charge in [-0.25, -0.2) is 4.39 Å². The molecule has 0 radical (unpaired) electrons. The van der Waals surface area contributed by atoms with Crippen LogP contribution in [0.3, 0.4) is 0 Å². The predicted octanol–water partition coefficient (Wildman–Crippen LogP) is 1.47. The van der Waals surface area contributed by atoms with E-state index in [4.69, 9.17) is 10.2 Å². The average Bonchev–Trinajstić information content (AvgIpc) is 2.06. The number of carboxylic acid groups (broad SMARTS) is 1. The fourth-order valence-electron chi connectivity index (χ4n) is 1.03. The summed E-state index contributed by atoms with van der Waals surface area (Å²) in [4.78, 5) is 10.3. The maximum atomic E-state index is 13.2. The second kappa shape index (κ2) is 3.43. The van der Waals surface area contributed by atoms with E-state index in [1.54, 1.807) is 0 Å². The van der Waals surface area contributed by atoms with Gasteiger partial charge in [-0.3, -0.25) is 4.79 Å². The van der Waals surface area contributed by atoms with Crippen molar-refractivity contribution >= 4 is 5.97 Å². The number of carbonyl (C=O) groups is 1. The molecule has 1 aromatic carbocycles. The van der Waals surface area contributed by atoms with E-state index in [-0.39, 0.29) is 23.3 Å². The molecule has 3 nitrogen and oxygen atoms in total. The number of aliphatic carboxylic acids is 1. The van der Waals surface area contributed by atoms with Crippen LogP contribution >= 0.6 is 0 Å². The summed E-state index contributed by atoms with van der Waals surface area (Å²) in [6.45, 7) is 1.40. The van der Waals surface area contributed by atoms with Crippen molar-refractivity contribution in [3.63, 3.8) is 0 Å². The van der Waals surface area contributed by atoms with Crippen LogP contribution in [-0.4, -0.2) is 16.2 Å². The molecule has 0 aliphatic carbocycles. The summed E-state index contributed by atoms with van der Waals surface area (Å²) < 4.78 is 13.2. The topological polar surface area (TPSA) is 57.5 Å². The molecule has 4 heteroatoms. The molecule has 0 amide bonds. The second-order valence-corrected chi connectivity index (χ2v) is 2.75. The van der Waals surface area contributed by atoms with Gasteiger partial charge in [-0.05, 0) is 18.6 Å². The van der Waals surface area contributed by atoms with E-state index in [9.17, 15) is 9.18 Å². The highest BCUT2D eigenvalue weighted by molar-refractivity contribution is 5.70. The van der Waals surface area contributed by atoms with Crippen LogP contribution in [0.4, 0.5) is 4.39 Å². The number of hydrogen-bond donors (Lipinski definition) is 2. The molecule has 0 bridgehead atoms. The van der Waals surface area contributed by atoms with Crippen molar-refractivity contribution in [3.8, 4) is 5.75 Å². The number of carboxylic acids is 1. The van der Waals surface area contributed by atoms with Crippen molar-refractivity contribution in [2.75, 3.05) is 0 Å². The normalized spacial score (nSPS) is 10.0. The van der Waals surface area contributed by atoms with Crippen molar-refractivity contribution in [3.05, 3.63) is 29.1 Å². The monoisotopic (exact) mass is 184 g/mol. The number of phenolic OH excluding ortho intramolecular Hbond substituents is 1. The van der Waals surface area contributed by atoms with E-state index >= 15 is 0 Å². The van der Waals surface area contributed by atoms with Gasteiger partial charge < -0.3 is 10.2 Å². The highest BCUT2D eigenvalue weighted by Crippen LogP contribution is 2.22. The third-order valence-electron chi connectivity index (χ3n) is 1.78. The summed E-state index contributed by atoms with van der Waals surface area (Å²) >= 11 is 0. The first-order valence-corrected chi connectivity index (χ1v) is 3.71. The predicted molar refractivity (Wildman–Crippen MR) is 44.1 cm³/mol. The minimum atomic E-state index is -1.09. The first kappa shape index (κ1) is 9.51. The second-order valence-electron chi connectivity index (χ2n) is 2.75. The first-order valence-electron chi connectivity index (χ1n) is 3.71. The van der Waals surface area contributed by atoms with Crippen molar-refractivity contribution in [2.45, 2.75) is 13.3 Å². The summed E-state index contributed by atoms with van der Waals surface area (Å²) in [6.07, 6.45) is -0.368. The maximum Gasteiger partial charge on any atom is 0.307 e. The number of hydrogen-bond acceptors (Lipinski definition) is 2. The molecule has 13 heavy (non-hydrogen) atoms. The maximum absolute atomic E-state index is 13.2. The lowest BCUT2D eigenvalue weighted by Gasteiger charge is -2.04. The Hall–Kier alpha value is -1.58. The van der Waals surface area contributed by atoms with Crippen LogP contribution in [0.25, 0.3) is 0 Å². The van der Waals surface area contributed by atoms with Crippen molar-refractivity contribution < 1.29 is 19.4 Å². The molecule has 0 aromatic heterocycles. The Bertz CT molecular complexity index is 347. The Balaban J connectivity index is 3.10. The largest absolute Gasteiger partial charge is 0.508 e. The van der Waals surface area contributed by atoms with Gasteiger partial charge in [-0.15, -0.1) is 0 Å². The quantitative estimate of drug-likeness (QED) is 0.731. The van der Waals surface area contributed by atoms with E-state index in [1.165, 1.54) is 19.1 Å². The summed E-state index contributed by atoms with van der Waals surface area (Å²) in [5.41, 5.74) is 0.168. The van der Waals surface area contributed by atoms with Gasteiger partial charge in [0.15, 0.2) is 0 Å². The lowest BCUT2D eigenvalue weighted by atomic mass is 10.1. The summed E-state index contributed by atoms with van der Waals surface area (Å²) in [5, 5.41) is 17.5. The SMILES string of the molecule is Cc1c(O)ccc(CC(=O)O)c1F. The third kappa shape index (κ3) is 1.96. The molecule has 0 spiro atoms. The van der Waals surface area contributed by atoms with E-state index in [1.807, 2.05) is 0 Å². The molecule has 0 atom stereocenters. The zero-order valence-corrected chi connectivity index (χ0v) is 7.04. The van der Waals surface area contributed by atoms with Gasteiger partial charge in [0.25, 0.3) is 0 Å². The minimum Gasteiger partial charge on any atom is -0.508 e. The summed E-state index contributed by atoms with van der Waals surface area (Å²) in [7, 11) is 0. The Morgan fingerprint density at radius 1 is 1.54 bits per heavy atom. The molecule has 0 heterocycles. The molecule has 0 unspecified atom stereocenters. The molecular weight excluding hydrogens is 175 g/mol. The molecule has 1 rings (SSSR count). The van der Waals surface area contributed by atoms with Gasteiger partial charge in [-0.2, -0.15) is 0 Å². The molecule has 2 N–H and O–H groups in total. The van der Waals surface area contributed by atoms with Crippen LogP contribution in [0, 0.1) is 12.7 Å². The van der Waals surface area contributed by atoms with E-state index in [0.717, 1.165) is 0 Å². The Labute approximate surface area is 74.4 Å². The number of benzene rings is 1. The van der Waals surface area contributed by atoms with Gasteiger partial charge in [0, 0.05) is 5.56 Å². The van der Waals surface area contributed by atoms with Gasteiger partial charge in [0.2, 0.25) is 0 Å². The fraction of sp³-hybridized carbons (Fsp3) is 0.222. The van der Waals surface area contributed by atoms with Crippen molar-refractivity contribution in [2.24, 2.45) is 0 Å². The van der Waals surface area contributed by atoms with Gasteiger partial charge >= 0.3 is 5.97 Å². The van der Waals surface area contributed by atoms with Crippen LogP contribution in [0.15, 0.2) is 12.1 Å². The smallest absolute Gasteiger partial charge is 0.307 e. The molecule has 0 saturated carbocycles. The van der Waals surface area contributed by atoms with E-state index in [0.29, 0.717) is 0 Å². The first-order chi connectivity index (χ1) is 6.02. The van der Waals surface area contributed by atoms with Gasteiger partial charge in [-0.1, -0.05) is 6.07 Å². The van der Waals surface area contributed by atoms with E-state index < -0.39 is 11.8 Å². The Morgan fingerprint density at radius 2 is 2.15 bits per heavy atom. The van der Waals surface area contributed by atoms with Crippen molar-refractivity contribution in [1.29, 1.82) is 0 Å². The standard InChI is InChI=1S/C9H9FO3/c1-5-7(11)3-2-6(9(5)10)4-8(12)13/h2-3,11H,4H2,1H3,(H,12,13). The van der Waals surface area contributed by atoms with Crippen LogP contribution in [-0.2, 0) is 11.2 Å². The molecule has 0 fully saturated rings. The van der Waals surface area contributed by atoms with Crippen LogP contribution < -0.4 is 0 Å². The fourth-order valence-corrected chi connectivity index (χ4v) is 1.03. The Kier molecular flexibility index (Phi) is 2.51. The lowest BCUT2D eigenvalue weighted by molar-refractivity contribution is -0.136. The molecular formula is C9H9FO3. The summed E-state index contributed by atoms with van der Waals surface area (Å²) in [5.74, 6) is -1.90. The van der Waals surface area contributed by atoms with E-state index in [2.05, 4.69) is 0 Å².